The van der Waals surface area contributed by atoms with E-state index in [0.717, 1.165) is 22.5 Å². The summed E-state index contributed by atoms with van der Waals surface area (Å²) in [7, 11) is 1.62. The van der Waals surface area contributed by atoms with Crippen molar-refractivity contribution < 1.29 is 14.3 Å². The molecule has 0 aliphatic heterocycles. The maximum atomic E-state index is 11.9. The van der Waals surface area contributed by atoms with Gasteiger partial charge in [0.05, 0.1) is 12.3 Å². The molecule has 0 fully saturated rings. The van der Waals surface area contributed by atoms with Crippen LogP contribution in [0.4, 0.5) is 5.69 Å². The minimum atomic E-state index is -0.0792. The van der Waals surface area contributed by atoms with Gasteiger partial charge in [0, 0.05) is 24.3 Å². The van der Waals surface area contributed by atoms with Crippen LogP contribution in [-0.2, 0) is 9.53 Å². The summed E-state index contributed by atoms with van der Waals surface area (Å²) in [6, 6.07) is 15.8. The van der Waals surface area contributed by atoms with Crippen LogP contribution in [0.25, 0.3) is 17.1 Å². The van der Waals surface area contributed by atoms with Crippen LogP contribution in [0.5, 0.6) is 6.01 Å². The highest BCUT2D eigenvalue weighted by Crippen LogP contribution is 2.26. The minimum Gasteiger partial charge on any atom is -0.460 e. The summed E-state index contributed by atoms with van der Waals surface area (Å²) in [4.78, 5) is 16.5. The first-order valence-electron chi connectivity index (χ1n) is 9.55. The third-order valence-corrected chi connectivity index (χ3v) is 4.40. The average molecular weight is 394 g/mol. The standard InChI is InChI=1S/C22H26N4O3/c1-15(2)21(27)23-17-9-11-18(12-10-17)26-20(19-8-6-5-7-16(19)3)24-22(25-26)29-14-13-28-4/h5-12,15H,13-14H2,1-4H3,(H,23,27). The second kappa shape index (κ2) is 9.34. The summed E-state index contributed by atoms with van der Waals surface area (Å²) >= 11 is 0. The molecular formula is C22H26N4O3. The lowest BCUT2D eigenvalue weighted by atomic mass is 10.1. The molecule has 0 unspecified atom stereocenters. The van der Waals surface area contributed by atoms with Crippen molar-refractivity contribution in [1.29, 1.82) is 0 Å². The number of rotatable bonds is 8. The maximum Gasteiger partial charge on any atom is 0.336 e. The lowest BCUT2D eigenvalue weighted by Gasteiger charge is -2.10. The van der Waals surface area contributed by atoms with Gasteiger partial charge in [-0.05, 0) is 36.8 Å². The third-order valence-electron chi connectivity index (χ3n) is 4.40. The SMILES string of the molecule is COCCOc1nc(-c2ccccc2C)n(-c2ccc(NC(=O)C(C)C)cc2)n1. The number of aromatic nitrogens is 3. The van der Waals surface area contributed by atoms with Crippen molar-refractivity contribution in [2.45, 2.75) is 20.8 Å². The van der Waals surface area contributed by atoms with Crippen molar-refractivity contribution in [2.75, 3.05) is 25.6 Å². The second-order valence-electron chi connectivity index (χ2n) is 6.98. The summed E-state index contributed by atoms with van der Waals surface area (Å²) in [6.07, 6.45) is 0. The molecule has 0 radical (unpaired) electrons. The normalized spacial score (nSPS) is 10.9. The molecule has 1 heterocycles. The minimum absolute atomic E-state index is 0.0204. The topological polar surface area (TPSA) is 78.3 Å². The number of hydrogen-bond donors (Lipinski definition) is 1. The van der Waals surface area contributed by atoms with E-state index in [1.807, 2.05) is 69.3 Å². The molecule has 3 rings (SSSR count). The van der Waals surface area contributed by atoms with Crippen molar-refractivity contribution in [1.82, 2.24) is 14.8 Å². The zero-order chi connectivity index (χ0) is 20.8. The highest BCUT2D eigenvalue weighted by molar-refractivity contribution is 5.92. The van der Waals surface area contributed by atoms with E-state index in [9.17, 15) is 4.79 Å². The highest BCUT2D eigenvalue weighted by atomic mass is 16.5. The van der Waals surface area contributed by atoms with E-state index in [2.05, 4.69) is 15.4 Å². The Labute approximate surface area is 170 Å². The van der Waals surface area contributed by atoms with Crippen LogP contribution in [0.1, 0.15) is 19.4 Å². The van der Waals surface area contributed by atoms with Gasteiger partial charge in [-0.2, -0.15) is 4.98 Å². The molecule has 1 N–H and O–H groups in total. The number of amides is 1. The molecule has 0 aliphatic carbocycles. The fourth-order valence-electron chi connectivity index (χ4n) is 2.72. The van der Waals surface area contributed by atoms with Crippen LogP contribution < -0.4 is 10.1 Å². The van der Waals surface area contributed by atoms with Crippen molar-refractivity contribution in [3.8, 4) is 23.1 Å². The van der Waals surface area contributed by atoms with Gasteiger partial charge in [0.2, 0.25) is 5.91 Å². The molecule has 0 saturated carbocycles. The number of benzene rings is 2. The fraction of sp³-hybridized carbons (Fsp3) is 0.318. The summed E-state index contributed by atoms with van der Waals surface area (Å²) in [5.41, 5.74) is 3.62. The Morgan fingerprint density at radius 1 is 1.10 bits per heavy atom. The van der Waals surface area contributed by atoms with Crippen LogP contribution in [0.2, 0.25) is 0 Å². The second-order valence-corrected chi connectivity index (χ2v) is 6.98. The molecule has 1 aromatic heterocycles. The number of ether oxygens (including phenoxy) is 2. The van der Waals surface area contributed by atoms with E-state index in [1.165, 1.54) is 0 Å². The molecule has 3 aromatic rings. The number of nitrogens with one attached hydrogen (secondary N) is 1. The van der Waals surface area contributed by atoms with Crippen LogP contribution in [0, 0.1) is 12.8 Å². The Morgan fingerprint density at radius 3 is 2.48 bits per heavy atom. The third kappa shape index (κ3) is 5.00. The quantitative estimate of drug-likeness (QED) is 0.587. The summed E-state index contributed by atoms with van der Waals surface area (Å²) in [5.74, 6) is 0.590. The van der Waals surface area contributed by atoms with E-state index in [0.29, 0.717) is 19.0 Å². The molecule has 2 aromatic carbocycles. The van der Waals surface area contributed by atoms with Crippen molar-refractivity contribution in [2.24, 2.45) is 5.92 Å². The van der Waals surface area contributed by atoms with Gasteiger partial charge in [0.15, 0.2) is 5.82 Å². The molecule has 7 heteroatoms. The number of carbonyl (C=O) groups excluding carboxylic acids is 1. The molecule has 0 spiro atoms. The Balaban J connectivity index is 1.94. The van der Waals surface area contributed by atoms with Gasteiger partial charge in [0.1, 0.15) is 6.61 Å². The number of anilines is 1. The van der Waals surface area contributed by atoms with E-state index in [-0.39, 0.29) is 17.8 Å². The molecular weight excluding hydrogens is 368 g/mol. The molecule has 7 nitrogen and oxygen atoms in total. The smallest absolute Gasteiger partial charge is 0.336 e. The van der Waals surface area contributed by atoms with Crippen molar-refractivity contribution >= 4 is 11.6 Å². The number of methoxy groups -OCH3 is 1. The first-order valence-corrected chi connectivity index (χ1v) is 9.55. The number of hydrogen-bond acceptors (Lipinski definition) is 5. The average Bonchev–Trinajstić information content (AvgIpc) is 3.13. The Bertz CT molecular complexity index is 964. The van der Waals surface area contributed by atoms with Crippen LogP contribution in [0.3, 0.4) is 0 Å². The Kier molecular flexibility index (Phi) is 6.61. The summed E-state index contributed by atoms with van der Waals surface area (Å²) in [6.45, 7) is 6.58. The number of carbonyl (C=O) groups is 1. The molecule has 0 saturated heterocycles. The van der Waals surface area contributed by atoms with Gasteiger partial charge in [-0.15, -0.1) is 5.10 Å². The zero-order valence-corrected chi connectivity index (χ0v) is 17.2. The van der Waals surface area contributed by atoms with Gasteiger partial charge >= 0.3 is 6.01 Å². The molecule has 152 valence electrons. The lowest BCUT2D eigenvalue weighted by molar-refractivity contribution is -0.118. The van der Waals surface area contributed by atoms with Gasteiger partial charge in [0.25, 0.3) is 0 Å². The molecule has 0 atom stereocenters. The first kappa shape index (κ1) is 20.5. The molecule has 0 bridgehead atoms. The summed E-state index contributed by atoms with van der Waals surface area (Å²) in [5, 5.41) is 7.42. The van der Waals surface area contributed by atoms with E-state index >= 15 is 0 Å². The lowest BCUT2D eigenvalue weighted by Crippen LogP contribution is -2.17. The van der Waals surface area contributed by atoms with E-state index in [4.69, 9.17) is 9.47 Å². The number of aryl methyl sites for hydroxylation is 1. The molecule has 1 amide bonds. The van der Waals surface area contributed by atoms with Gasteiger partial charge < -0.3 is 14.8 Å². The van der Waals surface area contributed by atoms with Gasteiger partial charge in [-0.1, -0.05) is 38.1 Å². The van der Waals surface area contributed by atoms with Crippen LogP contribution in [-0.4, -0.2) is 41.0 Å². The monoisotopic (exact) mass is 394 g/mol. The Morgan fingerprint density at radius 2 is 1.83 bits per heavy atom. The van der Waals surface area contributed by atoms with Crippen LogP contribution >= 0.6 is 0 Å². The van der Waals surface area contributed by atoms with E-state index in [1.54, 1.807) is 11.8 Å². The van der Waals surface area contributed by atoms with Crippen LogP contribution in [0.15, 0.2) is 48.5 Å². The number of nitrogens with zero attached hydrogens (tertiary/aromatic N) is 3. The molecule has 29 heavy (non-hydrogen) atoms. The van der Waals surface area contributed by atoms with Crippen molar-refractivity contribution in [3.05, 3.63) is 54.1 Å². The predicted octanol–water partition coefficient (Wildman–Crippen LogP) is 3.86. The van der Waals surface area contributed by atoms with E-state index < -0.39 is 0 Å². The van der Waals surface area contributed by atoms with Gasteiger partial charge in [-0.25, -0.2) is 4.68 Å². The Hall–Kier alpha value is -3.19. The highest BCUT2D eigenvalue weighted by Gasteiger charge is 2.16. The predicted molar refractivity (Wildman–Crippen MR) is 112 cm³/mol. The summed E-state index contributed by atoms with van der Waals surface area (Å²) < 4.78 is 12.4. The molecule has 0 aliphatic rings. The largest absolute Gasteiger partial charge is 0.460 e. The van der Waals surface area contributed by atoms with Crippen molar-refractivity contribution in [3.63, 3.8) is 0 Å². The zero-order valence-electron chi connectivity index (χ0n) is 17.2. The first-order chi connectivity index (χ1) is 14.0. The van der Waals surface area contributed by atoms with Gasteiger partial charge in [-0.3, -0.25) is 4.79 Å². The fourth-order valence-corrected chi connectivity index (χ4v) is 2.72. The maximum absolute atomic E-state index is 11.9.